The first-order valence-electron chi connectivity index (χ1n) is 13.9. The highest BCUT2D eigenvalue weighted by atomic mass is 28.4. The molecule has 0 radical (unpaired) electrons. The molecular formula is C32H41NO6Si. The van der Waals surface area contributed by atoms with E-state index in [-0.39, 0.29) is 19.4 Å². The third kappa shape index (κ3) is 6.22. The molecule has 0 unspecified atom stereocenters. The van der Waals surface area contributed by atoms with Gasteiger partial charge in [-0.05, 0) is 63.1 Å². The number of ether oxygens (including phenoxy) is 4. The Morgan fingerprint density at radius 2 is 1.52 bits per heavy atom. The van der Waals surface area contributed by atoms with Crippen molar-refractivity contribution in [3.05, 3.63) is 71.8 Å². The molecule has 1 aliphatic rings. The molecule has 214 valence electrons. The van der Waals surface area contributed by atoms with E-state index in [1.807, 2.05) is 60.7 Å². The molecule has 3 aromatic rings. The first-order chi connectivity index (χ1) is 19.1. The van der Waals surface area contributed by atoms with Gasteiger partial charge in [-0.15, -0.1) is 0 Å². The lowest BCUT2D eigenvalue weighted by molar-refractivity contribution is 0.174. The van der Waals surface area contributed by atoms with Gasteiger partial charge in [0.15, 0.2) is 23.0 Å². The molecule has 0 fully saturated rings. The molecule has 1 heterocycles. The molecular weight excluding hydrogens is 522 g/mol. The fourth-order valence-electron chi connectivity index (χ4n) is 5.81. The van der Waals surface area contributed by atoms with Crippen molar-refractivity contribution in [3.63, 3.8) is 0 Å². The van der Waals surface area contributed by atoms with E-state index in [1.165, 1.54) is 0 Å². The van der Waals surface area contributed by atoms with Crippen LogP contribution in [0.25, 0.3) is 11.1 Å². The van der Waals surface area contributed by atoms with Crippen LogP contribution in [-0.2, 0) is 17.6 Å². The summed E-state index contributed by atoms with van der Waals surface area (Å²) >= 11 is 0. The van der Waals surface area contributed by atoms with E-state index in [1.54, 1.807) is 7.11 Å². The molecule has 0 aliphatic carbocycles. The number of hydrogen-bond acceptors (Lipinski definition) is 6. The van der Waals surface area contributed by atoms with Gasteiger partial charge in [-0.3, -0.25) is 0 Å². The second kappa shape index (κ2) is 12.7. The number of rotatable bonds is 11. The summed E-state index contributed by atoms with van der Waals surface area (Å²) in [5.74, 6) is 2.58. The summed E-state index contributed by atoms with van der Waals surface area (Å²) < 4.78 is 29.3. The summed E-state index contributed by atoms with van der Waals surface area (Å²) in [6.45, 7) is 13.9. The summed E-state index contributed by atoms with van der Waals surface area (Å²) in [5, 5.41) is 3.02. The predicted molar refractivity (Wildman–Crippen MR) is 160 cm³/mol. The monoisotopic (exact) mass is 563 g/mol. The summed E-state index contributed by atoms with van der Waals surface area (Å²) in [6.07, 6.45) is -0.381. The van der Waals surface area contributed by atoms with E-state index in [4.69, 9.17) is 23.4 Å². The molecule has 0 spiro atoms. The van der Waals surface area contributed by atoms with E-state index < -0.39 is 8.32 Å². The molecule has 0 bridgehead atoms. The molecule has 0 aromatic heterocycles. The lowest BCUT2D eigenvalue weighted by Crippen LogP contribution is -2.51. The topological polar surface area (TPSA) is 75.3 Å². The number of carbonyl (C=O) groups is 1. The van der Waals surface area contributed by atoms with Gasteiger partial charge in [0.1, 0.15) is 6.61 Å². The molecule has 0 saturated carbocycles. The number of methoxy groups -OCH3 is 1. The van der Waals surface area contributed by atoms with Gasteiger partial charge in [0.2, 0.25) is 6.79 Å². The average molecular weight is 564 g/mol. The molecule has 40 heavy (non-hydrogen) atoms. The van der Waals surface area contributed by atoms with Crippen LogP contribution >= 0.6 is 0 Å². The van der Waals surface area contributed by atoms with Gasteiger partial charge < -0.3 is 28.7 Å². The Kier molecular flexibility index (Phi) is 9.30. The Bertz CT molecular complexity index is 1290. The largest absolute Gasteiger partial charge is 0.503 e. The zero-order valence-electron chi connectivity index (χ0n) is 24.6. The van der Waals surface area contributed by atoms with Gasteiger partial charge in [0, 0.05) is 6.54 Å². The number of carbonyl (C=O) groups excluding carboxylic acids is 1. The molecule has 0 saturated heterocycles. The summed E-state index contributed by atoms with van der Waals surface area (Å²) in [7, 11) is -0.736. The van der Waals surface area contributed by atoms with Crippen LogP contribution in [0.3, 0.4) is 0 Å². The summed E-state index contributed by atoms with van der Waals surface area (Å²) in [5.41, 5.74) is 4.66. The van der Waals surface area contributed by atoms with Crippen molar-refractivity contribution in [2.24, 2.45) is 0 Å². The number of nitrogens with one attached hydrogen (secondary N) is 1. The van der Waals surface area contributed by atoms with Crippen molar-refractivity contribution < 1.29 is 28.2 Å². The maximum atomic E-state index is 13.2. The summed E-state index contributed by atoms with van der Waals surface area (Å²) in [6, 6.07) is 19.7. The van der Waals surface area contributed by atoms with Gasteiger partial charge >= 0.3 is 6.09 Å². The van der Waals surface area contributed by atoms with Crippen molar-refractivity contribution >= 4 is 14.4 Å². The van der Waals surface area contributed by atoms with Crippen LogP contribution in [0.5, 0.6) is 23.0 Å². The molecule has 8 heteroatoms. The highest BCUT2D eigenvalue weighted by Gasteiger charge is 2.48. The van der Waals surface area contributed by atoms with Gasteiger partial charge in [0.25, 0.3) is 8.32 Å². The fourth-order valence-corrected chi connectivity index (χ4v) is 10.9. The molecule has 3 aromatic carbocycles. The van der Waals surface area contributed by atoms with Gasteiger partial charge in [-0.2, -0.15) is 0 Å². The van der Waals surface area contributed by atoms with Crippen molar-refractivity contribution in [2.45, 2.75) is 71.3 Å². The highest BCUT2D eigenvalue weighted by molar-refractivity contribution is 6.78. The zero-order chi connectivity index (χ0) is 28.9. The Hall–Kier alpha value is -3.65. The maximum absolute atomic E-state index is 13.2. The van der Waals surface area contributed by atoms with E-state index in [0.717, 1.165) is 22.3 Å². The van der Waals surface area contributed by atoms with E-state index in [9.17, 15) is 4.79 Å². The number of benzene rings is 3. The molecule has 4 rings (SSSR count). The maximum Gasteiger partial charge on any atom is 0.393 e. The second-order valence-corrected chi connectivity index (χ2v) is 16.4. The van der Waals surface area contributed by atoms with Crippen LogP contribution in [0.2, 0.25) is 16.6 Å². The molecule has 1 N–H and O–H groups in total. The predicted octanol–water partition coefficient (Wildman–Crippen LogP) is 8.07. The first kappa shape index (κ1) is 29.3. The van der Waals surface area contributed by atoms with Crippen LogP contribution in [0.15, 0.2) is 60.7 Å². The second-order valence-electron chi connectivity index (χ2n) is 11.1. The highest BCUT2D eigenvalue weighted by Crippen LogP contribution is 2.43. The van der Waals surface area contributed by atoms with Crippen molar-refractivity contribution in [1.82, 2.24) is 5.32 Å². The van der Waals surface area contributed by atoms with E-state index in [2.05, 4.69) is 46.9 Å². The minimum Gasteiger partial charge on any atom is -0.503 e. The van der Waals surface area contributed by atoms with Crippen molar-refractivity contribution in [2.75, 3.05) is 13.9 Å². The number of fused-ring (bicyclic) bond motifs is 1. The third-order valence-corrected chi connectivity index (χ3v) is 13.7. The SMILES string of the molecule is COc1cc(-c2cc3c(cc2CNC(=O)O[Si](C(C)C)(C(C)C)C(C)C)OCO3)ccc1OCc1ccccc1. The zero-order valence-corrected chi connectivity index (χ0v) is 25.6. The Morgan fingerprint density at radius 1 is 0.875 bits per heavy atom. The normalized spacial score (nSPS) is 12.7. The van der Waals surface area contributed by atoms with Gasteiger partial charge in [-0.25, -0.2) is 4.79 Å². The molecule has 7 nitrogen and oxygen atoms in total. The van der Waals surface area contributed by atoms with Crippen LogP contribution in [0.1, 0.15) is 52.7 Å². The summed E-state index contributed by atoms with van der Waals surface area (Å²) in [4.78, 5) is 13.2. The molecule has 1 amide bonds. The Morgan fingerprint density at radius 3 is 2.15 bits per heavy atom. The minimum absolute atomic E-state index is 0.161. The Balaban J connectivity index is 1.58. The quantitative estimate of drug-likeness (QED) is 0.238. The van der Waals surface area contributed by atoms with Gasteiger partial charge in [0.05, 0.1) is 7.11 Å². The molecule has 0 atom stereocenters. The van der Waals surface area contributed by atoms with E-state index >= 15 is 0 Å². The van der Waals surface area contributed by atoms with Crippen LogP contribution in [0.4, 0.5) is 4.79 Å². The minimum atomic E-state index is -2.36. The van der Waals surface area contributed by atoms with Crippen LogP contribution in [0, 0.1) is 0 Å². The van der Waals surface area contributed by atoms with E-state index in [0.29, 0.717) is 46.2 Å². The fraction of sp³-hybridized carbons (Fsp3) is 0.406. The average Bonchev–Trinajstić information content (AvgIpc) is 3.40. The Labute approximate surface area is 238 Å². The third-order valence-electron chi connectivity index (χ3n) is 7.71. The standard InChI is InChI=1S/C32H41NO6Si/c1-21(2)40(22(3)4,23(5)6)39-32(34)33-18-26-16-30-31(38-20-37-30)17-27(26)25-13-14-28(29(15-25)35-7)36-19-24-11-9-8-10-12-24/h8-17,21-23H,18-20H2,1-7H3,(H,33,34). The van der Waals surface area contributed by atoms with Crippen LogP contribution in [-0.4, -0.2) is 28.3 Å². The van der Waals surface area contributed by atoms with Crippen LogP contribution < -0.4 is 24.3 Å². The number of amides is 1. The number of hydrogen-bond donors (Lipinski definition) is 1. The smallest absolute Gasteiger partial charge is 0.393 e. The molecule has 1 aliphatic heterocycles. The van der Waals surface area contributed by atoms with Crippen molar-refractivity contribution in [3.8, 4) is 34.1 Å². The lowest BCUT2D eigenvalue weighted by Gasteiger charge is -2.41. The van der Waals surface area contributed by atoms with Crippen molar-refractivity contribution in [1.29, 1.82) is 0 Å². The first-order valence-corrected chi connectivity index (χ1v) is 16.0. The van der Waals surface area contributed by atoms with Gasteiger partial charge in [-0.1, -0.05) is 77.9 Å². The lowest BCUT2D eigenvalue weighted by atomic mass is 9.98.